The highest BCUT2D eigenvalue weighted by atomic mass is 127. The molecule has 0 spiro atoms. The highest BCUT2D eigenvalue weighted by Crippen LogP contribution is 2.47. The summed E-state index contributed by atoms with van der Waals surface area (Å²) in [6.45, 7) is 10.2. The molecule has 2 fully saturated rings. The second-order valence-electron chi connectivity index (χ2n) is 7.11. The van der Waals surface area contributed by atoms with Crippen molar-refractivity contribution >= 4 is 29.9 Å². The molecule has 0 radical (unpaired) electrons. The number of hydrogen-bond acceptors (Lipinski definition) is 2. The minimum absolute atomic E-state index is 0. The fraction of sp³-hybridized carbons (Fsp3) is 0.929. The van der Waals surface area contributed by atoms with E-state index in [1.807, 2.05) is 0 Å². The molecule has 0 aromatic heterocycles. The second-order valence-corrected chi connectivity index (χ2v) is 7.11. The van der Waals surface area contributed by atoms with Gasteiger partial charge in [-0.15, -0.1) is 24.0 Å². The topological polar surface area (TPSA) is 59.6 Å². The molecule has 2 atom stereocenters. The fourth-order valence-corrected chi connectivity index (χ4v) is 2.73. The van der Waals surface area contributed by atoms with E-state index in [2.05, 4.69) is 38.0 Å². The highest BCUT2D eigenvalue weighted by Gasteiger charge is 2.47. The van der Waals surface area contributed by atoms with E-state index in [4.69, 9.17) is 10.5 Å². The van der Waals surface area contributed by atoms with Crippen LogP contribution >= 0.6 is 24.0 Å². The number of aliphatic imine (C=N–C) groups is 1. The van der Waals surface area contributed by atoms with Gasteiger partial charge in [-0.3, -0.25) is 4.99 Å². The van der Waals surface area contributed by atoms with Crippen LogP contribution in [-0.4, -0.2) is 30.8 Å². The Balaban J connectivity index is 0.00000180. The van der Waals surface area contributed by atoms with Gasteiger partial charge < -0.3 is 15.8 Å². The summed E-state index contributed by atoms with van der Waals surface area (Å²) in [5.41, 5.74) is 6.07. The number of hydrogen-bond donors (Lipinski definition) is 2. The number of rotatable bonds is 3. The van der Waals surface area contributed by atoms with E-state index >= 15 is 0 Å². The van der Waals surface area contributed by atoms with E-state index in [1.54, 1.807) is 0 Å². The molecule has 1 heterocycles. The maximum atomic E-state index is 5.93. The number of nitrogens with zero attached hydrogens (tertiary/aromatic N) is 1. The monoisotopic (exact) mass is 381 g/mol. The van der Waals surface area contributed by atoms with Gasteiger partial charge in [-0.25, -0.2) is 0 Å². The maximum absolute atomic E-state index is 5.93. The first-order valence-corrected chi connectivity index (χ1v) is 7.00. The summed E-state index contributed by atoms with van der Waals surface area (Å²) >= 11 is 0. The number of nitrogens with two attached hydrogens (primary N) is 1. The summed E-state index contributed by atoms with van der Waals surface area (Å²) < 4.78 is 5.90. The van der Waals surface area contributed by atoms with Crippen LogP contribution in [0.1, 0.15) is 47.0 Å². The van der Waals surface area contributed by atoms with Crippen LogP contribution in [0.4, 0.5) is 0 Å². The lowest BCUT2D eigenvalue weighted by molar-refractivity contribution is 0.0424. The van der Waals surface area contributed by atoms with Gasteiger partial charge in [0.15, 0.2) is 5.96 Å². The average molecular weight is 381 g/mol. The molecular formula is C14H28IN3O. The number of ether oxygens (including phenoxy) is 1. The van der Waals surface area contributed by atoms with Gasteiger partial charge in [-0.1, -0.05) is 6.92 Å². The van der Waals surface area contributed by atoms with E-state index < -0.39 is 0 Å². The zero-order chi connectivity index (χ0) is 13.4. The second kappa shape index (κ2) is 6.16. The first kappa shape index (κ1) is 17.0. The predicted molar refractivity (Wildman–Crippen MR) is 90.0 cm³/mol. The Kier molecular flexibility index (Phi) is 5.52. The zero-order valence-electron chi connectivity index (χ0n) is 12.5. The van der Waals surface area contributed by atoms with Gasteiger partial charge in [0.25, 0.3) is 0 Å². The predicted octanol–water partition coefficient (Wildman–Crippen LogP) is 2.51. The molecule has 0 aromatic carbocycles. The summed E-state index contributed by atoms with van der Waals surface area (Å²) in [6.07, 6.45) is 4.13. The van der Waals surface area contributed by atoms with E-state index in [-0.39, 0.29) is 34.9 Å². The van der Waals surface area contributed by atoms with Crippen molar-refractivity contribution < 1.29 is 4.74 Å². The van der Waals surface area contributed by atoms with Crippen LogP contribution in [0.25, 0.3) is 0 Å². The molecule has 2 aliphatic rings. The summed E-state index contributed by atoms with van der Waals surface area (Å²) in [6, 6.07) is 0. The van der Waals surface area contributed by atoms with Crippen molar-refractivity contribution in [3.63, 3.8) is 0 Å². The molecule has 1 aliphatic heterocycles. The van der Waals surface area contributed by atoms with E-state index in [9.17, 15) is 0 Å². The molecule has 19 heavy (non-hydrogen) atoms. The fourth-order valence-electron chi connectivity index (χ4n) is 2.73. The first-order valence-electron chi connectivity index (χ1n) is 7.00. The Morgan fingerprint density at radius 3 is 2.58 bits per heavy atom. The molecule has 0 amide bonds. The summed E-state index contributed by atoms with van der Waals surface area (Å²) in [7, 11) is 0. The van der Waals surface area contributed by atoms with Crippen molar-refractivity contribution in [3.8, 4) is 0 Å². The molecule has 112 valence electrons. The molecule has 1 saturated carbocycles. The van der Waals surface area contributed by atoms with Gasteiger partial charge in [-0.2, -0.15) is 0 Å². The Morgan fingerprint density at radius 2 is 2.05 bits per heavy atom. The molecule has 5 heteroatoms. The van der Waals surface area contributed by atoms with Crippen LogP contribution in [0, 0.1) is 11.3 Å². The van der Waals surface area contributed by atoms with Gasteiger partial charge in [0.2, 0.25) is 0 Å². The van der Waals surface area contributed by atoms with Crippen molar-refractivity contribution in [2.24, 2.45) is 22.1 Å². The third kappa shape index (κ3) is 4.77. The number of halogens is 1. The molecule has 2 unspecified atom stereocenters. The molecule has 0 bridgehead atoms. The summed E-state index contributed by atoms with van der Waals surface area (Å²) in [4.78, 5) is 4.53. The van der Waals surface area contributed by atoms with Crippen LogP contribution in [0.5, 0.6) is 0 Å². The standard InChI is InChI=1S/C14H27N3O.HI/c1-13(2,3)17-12(15)16-9-14(4)7-8-18-11(14)10-5-6-10;/h10-11H,5-9H2,1-4H3,(H3,15,16,17);1H. The number of guanidine groups is 1. The Labute approximate surface area is 134 Å². The van der Waals surface area contributed by atoms with Gasteiger partial charge >= 0.3 is 0 Å². The van der Waals surface area contributed by atoms with Crippen LogP contribution in [-0.2, 0) is 4.74 Å². The van der Waals surface area contributed by atoms with Gasteiger partial charge in [0, 0.05) is 17.6 Å². The zero-order valence-corrected chi connectivity index (χ0v) is 14.9. The minimum atomic E-state index is -0.0312. The highest BCUT2D eigenvalue weighted by molar-refractivity contribution is 14.0. The lowest BCUT2D eigenvalue weighted by Gasteiger charge is -2.29. The Bertz CT molecular complexity index is 336. The lowest BCUT2D eigenvalue weighted by atomic mass is 9.81. The quantitative estimate of drug-likeness (QED) is 0.449. The summed E-state index contributed by atoms with van der Waals surface area (Å²) in [5, 5.41) is 3.21. The molecule has 0 aromatic rings. The van der Waals surface area contributed by atoms with Crippen LogP contribution in [0.2, 0.25) is 0 Å². The minimum Gasteiger partial charge on any atom is -0.377 e. The van der Waals surface area contributed by atoms with Gasteiger partial charge in [-0.05, 0) is 46.0 Å². The van der Waals surface area contributed by atoms with E-state index in [0.29, 0.717) is 12.1 Å². The smallest absolute Gasteiger partial charge is 0.189 e. The molecule has 2 rings (SSSR count). The molecule has 1 saturated heterocycles. The Hall–Kier alpha value is -0.0400. The van der Waals surface area contributed by atoms with Crippen molar-refractivity contribution in [3.05, 3.63) is 0 Å². The first-order chi connectivity index (χ1) is 8.30. The van der Waals surface area contributed by atoms with Crippen LogP contribution in [0.3, 0.4) is 0 Å². The molecule has 4 nitrogen and oxygen atoms in total. The van der Waals surface area contributed by atoms with E-state index in [0.717, 1.165) is 25.5 Å². The average Bonchev–Trinajstić information content (AvgIpc) is 2.98. The van der Waals surface area contributed by atoms with Crippen LogP contribution in [0.15, 0.2) is 4.99 Å². The van der Waals surface area contributed by atoms with Crippen molar-refractivity contribution in [1.29, 1.82) is 0 Å². The lowest BCUT2D eigenvalue weighted by Crippen LogP contribution is -2.45. The largest absolute Gasteiger partial charge is 0.377 e. The molecule has 1 aliphatic carbocycles. The van der Waals surface area contributed by atoms with Gasteiger partial charge in [0.1, 0.15) is 0 Å². The van der Waals surface area contributed by atoms with Gasteiger partial charge in [0.05, 0.1) is 12.6 Å². The number of nitrogens with one attached hydrogen (secondary N) is 1. The SMILES string of the molecule is CC(C)(C)NC(N)=NCC1(C)CCOC1C1CC1.I. The molecular weight excluding hydrogens is 353 g/mol. The molecule has 3 N–H and O–H groups in total. The maximum Gasteiger partial charge on any atom is 0.189 e. The third-order valence-electron chi connectivity index (χ3n) is 3.82. The normalized spacial score (nSPS) is 32.0. The van der Waals surface area contributed by atoms with Crippen molar-refractivity contribution in [2.45, 2.75) is 58.6 Å². The van der Waals surface area contributed by atoms with Crippen molar-refractivity contribution in [2.75, 3.05) is 13.2 Å². The third-order valence-corrected chi connectivity index (χ3v) is 3.82. The van der Waals surface area contributed by atoms with Crippen molar-refractivity contribution in [1.82, 2.24) is 5.32 Å². The Morgan fingerprint density at radius 1 is 1.42 bits per heavy atom. The van der Waals surface area contributed by atoms with E-state index in [1.165, 1.54) is 12.8 Å². The van der Waals surface area contributed by atoms with Crippen LogP contribution < -0.4 is 11.1 Å². The summed E-state index contributed by atoms with van der Waals surface area (Å²) in [5.74, 6) is 1.31.